The van der Waals surface area contributed by atoms with Crippen molar-refractivity contribution < 1.29 is 9.53 Å². The summed E-state index contributed by atoms with van der Waals surface area (Å²) in [6, 6.07) is 15.5. The van der Waals surface area contributed by atoms with Crippen LogP contribution in [0.15, 0.2) is 48.5 Å². The lowest BCUT2D eigenvalue weighted by molar-refractivity contribution is -0.122. The third-order valence-electron chi connectivity index (χ3n) is 3.90. The van der Waals surface area contributed by atoms with Crippen LogP contribution in [0, 0.1) is 13.8 Å². The molecule has 6 heteroatoms. The van der Waals surface area contributed by atoms with Crippen molar-refractivity contribution in [3.05, 3.63) is 59.7 Å². The summed E-state index contributed by atoms with van der Waals surface area (Å²) in [4.78, 5) is 12.4. The Balaban J connectivity index is 1.66. The standard InChI is InChI=1S/C19H19N3O2S/c1-12-8-7-11-16(13(12)2)24-14(3)17(23)20-19-22-21-18(25-19)15-9-5-4-6-10-15/h4-11,14H,1-3H3,(H,20,22,23)/t14-/m1/s1. The number of rotatable bonds is 5. The number of benzene rings is 2. The van der Waals surface area contributed by atoms with Crippen molar-refractivity contribution in [1.82, 2.24) is 10.2 Å². The summed E-state index contributed by atoms with van der Waals surface area (Å²) in [5.41, 5.74) is 3.13. The third-order valence-corrected chi connectivity index (χ3v) is 4.79. The number of aromatic nitrogens is 2. The highest BCUT2D eigenvalue weighted by Crippen LogP contribution is 2.26. The quantitative estimate of drug-likeness (QED) is 0.745. The zero-order valence-electron chi connectivity index (χ0n) is 14.3. The monoisotopic (exact) mass is 353 g/mol. The number of nitrogens with one attached hydrogen (secondary N) is 1. The smallest absolute Gasteiger partial charge is 0.266 e. The Bertz CT molecular complexity index is 877. The van der Waals surface area contributed by atoms with Gasteiger partial charge in [0.05, 0.1) is 0 Å². The van der Waals surface area contributed by atoms with Gasteiger partial charge in [-0.15, -0.1) is 10.2 Å². The number of nitrogens with zero attached hydrogens (tertiary/aromatic N) is 2. The van der Waals surface area contributed by atoms with Crippen molar-refractivity contribution in [2.24, 2.45) is 0 Å². The molecule has 0 saturated heterocycles. The van der Waals surface area contributed by atoms with Crippen molar-refractivity contribution in [3.63, 3.8) is 0 Å². The number of anilines is 1. The molecular weight excluding hydrogens is 334 g/mol. The summed E-state index contributed by atoms with van der Waals surface area (Å²) >= 11 is 1.33. The van der Waals surface area contributed by atoms with Gasteiger partial charge in [-0.2, -0.15) is 0 Å². The van der Waals surface area contributed by atoms with E-state index >= 15 is 0 Å². The fourth-order valence-corrected chi connectivity index (χ4v) is 3.03. The molecule has 128 valence electrons. The SMILES string of the molecule is Cc1cccc(O[C@H](C)C(=O)Nc2nnc(-c3ccccc3)s2)c1C. The number of hydrogen-bond donors (Lipinski definition) is 1. The average molecular weight is 353 g/mol. The zero-order valence-corrected chi connectivity index (χ0v) is 15.1. The first-order chi connectivity index (χ1) is 12.0. The maximum absolute atomic E-state index is 12.4. The number of hydrogen-bond acceptors (Lipinski definition) is 5. The molecule has 25 heavy (non-hydrogen) atoms. The van der Waals surface area contributed by atoms with Crippen LogP contribution in [0.5, 0.6) is 5.75 Å². The number of carbonyl (C=O) groups excluding carboxylic acids is 1. The molecule has 1 N–H and O–H groups in total. The zero-order chi connectivity index (χ0) is 17.8. The highest BCUT2D eigenvalue weighted by atomic mass is 32.1. The van der Waals surface area contributed by atoms with E-state index in [1.54, 1.807) is 6.92 Å². The molecule has 0 aliphatic heterocycles. The summed E-state index contributed by atoms with van der Waals surface area (Å²) in [7, 11) is 0. The molecule has 0 aliphatic carbocycles. The van der Waals surface area contributed by atoms with Crippen LogP contribution in [0.2, 0.25) is 0 Å². The van der Waals surface area contributed by atoms with E-state index in [-0.39, 0.29) is 5.91 Å². The van der Waals surface area contributed by atoms with E-state index < -0.39 is 6.10 Å². The molecule has 0 bridgehead atoms. The largest absolute Gasteiger partial charge is 0.481 e. The van der Waals surface area contributed by atoms with Gasteiger partial charge in [0.2, 0.25) is 5.13 Å². The van der Waals surface area contributed by atoms with Gasteiger partial charge in [0.1, 0.15) is 10.8 Å². The van der Waals surface area contributed by atoms with E-state index in [1.807, 2.05) is 62.4 Å². The van der Waals surface area contributed by atoms with Crippen LogP contribution in [0.25, 0.3) is 10.6 Å². The lowest BCUT2D eigenvalue weighted by Gasteiger charge is -2.16. The molecule has 5 nitrogen and oxygen atoms in total. The predicted octanol–water partition coefficient (Wildman–Crippen LogP) is 4.23. The first-order valence-electron chi connectivity index (χ1n) is 7.97. The maximum Gasteiger partial charge on any atom is 0.266 e. The van der Waals surface area contributed by atoms with Crippen LogP contribution < -0.4 is 10.1 Å². The average Bonchev–Trinajstić information content (AvgIpc) is 3.08. The Morgan fingerprint density at radius 2 is 1.84 bits per heavy atom. The lowest BCUT2D eigenvalue weighted by Crippen LogP contribution is -2.30. The van der Waals surface area contributed by atoms with E-state index in [2.05, 4.69) is 15.5 Å². The number of amides is 1. The Labute approximate surface area is 150 Å². The Hall–Kier alpha value is -2.73. The van der Waals surface area contributed by atoms with Crippen molar-refractivity contribution in [2.45, 2.75) is 26.9 Å². The maximum atomic E-state index is 12.4. The second kappa shape index (κ2) is 7.44. The first kappa shape index (κ1) is 17.1. The van der Waals surface area contributed by atoms with Gasteiger partial charge in [0.15, 0.2) is 6.10 Å². The molecule has 1 heterocycles. The van der Waals surface area contributed by atoms with Gasteiger partial charge >= 0.3 is 0 Å². The summed E-state index contributed by atoms with van der Waals surface area (Å²) in [5, 5.41) is 12.1. The summed E-state index contributed by atoms with van der Waals surface area (Å²) < 4.78 is 5.80. The lowest BCUT2D eigenvalue weighted by atomic mass is 10.1. The molecule has 0 aliphatic rings. The van der Waals surface area contributed by atoms with Gasteiger partial charge < -0.3 is 4.74 Å². The predicted molar refractivity (Wildman–Crippen MR) is 100.0 cm³/mol. The van der Waals surface area contributed by atoms with Crippen molar-refractivity contribution in [3.8, 4) is 16.3 Å². The highest BCUT2D eigenvalue weighted by molar-refractivity contribution is 7.18. The summed E-state index contributed by atoms with van der Waals surface area (Å²) in [5.74, 6) is 0.460. The van der Waals surface area contributed by atoms with Crippen LogP contribution >= 0.6 is 11.3 Å². The number of aryl methyl sites for hydroxylation is 1. The molecule has 0 radical (unpaired) electrons. The van der Waals surface area contributed by atoms with E-state index in [9.17, 15) is 4.79 Å². The van der Waals surface area contributed by atoms with Crippen molar-refractivity contribution >= 4 is 22.4 Å². The molecule has 3 rings (SSSR count). The van der Waals surface area contributed by atoms with Crippen molar-refractivity contribution in [2.75, 3.05) is 5.32 Å². The molecule has 1 amide bonds. The molecule has 1 atom stereocenters. The first-order valence-corrected chi connectivity index (χ1v) is 8.79. The second-order valence-electron chi connectivity index (χ2n) is 5.73. The van der Waals surface area contributed by atoms with Crippen LogP contribution in [0.4, 0.5) is 5.13 Å². The minimum absolute atomic E-state index is 0.253. The fourth-order valence-electron chi connectivity index (χ4n) is 2.27. The topological polar surface area (TPSA) is 64.1 Å². The van der Waals surface area contributed by atoms with Gasteiger partial charge in [-0.1, -0.05) is 53.8 Å². The Morgan fingerprint density at radius 1 is 1.08 bits per heavy atom. The molecule has 0 unspecified atom stereocenters. The van der Waals surface area contributed by atoms with Gasteiger partial charge in [-0.3, -0.25) is 10.1 Å². The van der Waals surface area contributed by atoms with Crippen LogP contribution in [0.1, 0.15) is 18.1 Å². The van der Waals surface area contributed by atoms with Gasteiger partial charge in [-0.25, -0.2) is 0 Å². The van der Waals surface area contributed by atoms with E-state index in [1.165, 1.54) is 11.3 Å². The van der Waals surface area contributed by atoms with E-state index in [0.29, 0.717) is 10.9 Å². The fraction of sp³-hybridized carbons (Fsp3) is 0.211. The van der Waals surface area contributed by atoms with Crippen molar-refractivity contribution in [1.29, 1.82) is 0 Å². The van der Waals surface area contributed by atoms with Crippen LogP contribution in [-0.2, 0) is 4.79 Å². The highest BCUT2D eigenvalue weighted by Gasteiger charge is 2.18. The molecule has 1 aromatic heterocycles. The van der Waals surface area contributed by atoms with Gasteiger partial charge in [0.25, 0.3) is 5.91 Å². The molecular formula is C19H19N3O2S. The van der Waals surface area contributed by atoms with Gasteiger partial charge in [0, 0.05) is 5.56 Å². The Kier molecular flexibility index (Phi) is 5.09. The second-order valence-corrected chi connectivity index (χ2v) is 6.70. The third kappa shape index (κ3) is 4.03. The van der Waals surface area contributed by atoms with Gasteiger partial charge in [-0.05, 0) is 38.0 Å². The van der Waals surface area contributed by atoms with Crippen LogP contribution in [-0.4, -0.2) is 22.2 Å². The molecule has 0 saturated carbocycles. The van der Waals surface area contributed by atoms with E-state index in [4.69, 9.17) is 4.74 Å². The summed E-state index contributed by atoms with van der Waals surface area (Å²) in [6.45, 7) is 5.71. The number of ether oxygens (including phenoxy) is 1. The normalized spacial score (nSPS) is 11.8. The molecule has 2 aromatic carbocycles. The molecule has 0 spiro atoms. The summed E-state index contributed by atoms with van der Waals surface area (Å²) in [6.07, 6.45) is -0.635. The van der Waals surface area contributed by atoms with E-state index in [0.717, 1.165) is 21.7 Å². The molecule has 0 fully saturated rings. The molecule has 3 aromatic rings. The minimum Gasteiger partial charge on any atom is -0.481 e. The number of carbonyl (C=O) groups is 1. The minimum atomic E-state index is -0.635. The Morgan fingerprint density at radius 3 is 2.60 bits per heavy atom. The van der Waals surface area contributed by atoms with Crippen LogP contribution in [0.3, 0.4) is 0 Å².